The first-order chi connectivity index (χ1) is 17.1. The quantitative estimate of drug-likeness (QED) is 0.311. The molecule has 0 bridgehead atoms. The molecule has 0 fully saturated rings. The van der Waals surface area contributed by atoms with Gasteiger partial charge in [0.15, 0.2) is 0 Å². The highest BCUT2D eigenvalue weighted by atomic mass is 16.2. The summed E-state index contributed by atoms with van der Waals surface area (Å²) in [5.41, 5.74) is 3.68. The van der Waals surface area contributed by atoms with Crippen LogP contribution in [0, 0.1) is 11.3 Å². The molecule has 0 spiro atoms. The summed E-state index contributed by atoms with van der Waals surface area (Å²) in [5.74, 6) is -0.331. The zero-order valence-corrected chi connectivity index (χ0v) is 19.2. The lowest BCUT2D eigenvalue weighted by Crippen LogP contribution is -2.49. The number of benzene rings is 4. The molecule has 35 heavy (non-hydrogen) atoms. The van der Waals surface area contributed by atoms with Crippen molar-refractivity contribution in [2.45, 2.75) is 18.9 Å². The Kier molecular flexibility index (Phi) is 7.72. The number of amides is 3. The number of carbonyl (C=O) groups is 2. The van der Waals surface area contributed by atoms with Crippen LogP contribution in [-0.2, 0) is 11.2 Å². The fourth-order valence-electron chi connectivity index (χ4n) is 3.88. The molecule has 3 amide bonds. The Balaban J connectivity index is 1.44. The van der Waals surface area contributed by atoms with Crippen molar-refractivity contribution in [1.29, 1.82) is 5.26 Å². The standard InChI is InChI=1S/C29H26N4O2/c30-17-6-18-31-28(34)27(20-21-11-12-23-9-4-5-10-25(23)19-21)33-29(35)32-26-15-13-24(14-16-26)22-7-2-1-3-8-22/h1-5,7-16,19,27H,6,18,20H2,(H,31,34)(H2,32,33,35). The van der Waals surface area contributed by atoms with E-state index in [1.165, 1.54) is 0 Å². The smallest absolute Gasteiger partial charge is 0.319 e. The first-order valence-electron chi connectivity index (χ1n) is 11.5. The van der Waals surface area contributed by atoms with E-state index in [1.807, 2.05) is 103 Å². The lowest BCUT2D eigenvalue weighted by molar-refractivity contribution is -0.122. The van der Waals surface area contributed by atoms with Gasteiger partial charge in [0.2, 0.25) is 5.91 Å². The average molecular weight is 463 g/mol. The lowest BCUT2D eigenvalue weighted by atomic mass is 10.0. The molecule has 174 valence electrons. The maximum Gasteiger partial charge on any atom is 0.319 e. The number of anilines is 1. The van der Waals surface area contributed by atoms with E-state index in [4.69, 9.17) is 5.26 Å². The minimum atomic E-state index is -0.793. The second-order valence-electron chi connectivity index (χ2n) is 8.18. The van der Waals surface area contributed by atoms with Gasteiger partial charge >= 0.3 is 6.03 Å². The van der Waals surface area contributed by atoms with Crippen LogP contribution >= 0.6 is 0 Å². The SMILES string of the molecule is N#CCCNC(=O)C(Cc1ccc2ccccc2c1)NC(=O)Nc1ccc(-c2ccccc2)cc1. The molecule has 0 saturated carbocycles. The van der Waals surface area contributed by atoms with Gasteiger partial charge in [-0.2, -0.15) is 5.26 Å². The topological polar surface area (TPSA) is 94.0 Å². The molecule has 1 unspecified atom stereocenters. The van der Waals surface area contributed by atoms with E-state index in [0.717, 1.165) is 27.5 Å². The number of nitriles is 1. The number of fused-ring (bicyclic) bond motifs is 1. The van der Waals surface area contributed by atoms with E-state index in [0.29, 0.717) is 12.1 Å². The molecule has 4 rings (SSSR count). The summed E-state index contributed by atoms with van der Waals surface area (Å²) in [5, 5.41) is 19.3. The largest absolute Gasteiger partial charge is 0.353 e. The number of nitrogens with one attached hydrogen (secondary N) is 3. The van der Waals surface area contributed by atoms with Crippen molar-refractivity contribution in [1.82, 2.24) is 10.6 Å². The highest BCUT2D eigenvalue weighted by Crippen LogP contribution is 2.21. The second kappa shape index (κ2) is 11.5. The molecule has 0 aliphatic rings. The minimum Gasteiger partial charge on any atom is -0.353 e. The molecular formula is C29H26N4O2. The van der Waals surface area contributed by atoms with Gasteiger partial charge in [-0.3, -0.25) is 4.79 Å². The Morgan fingerprint density at radius 2 is 1.49 bits per heavy atom. The molecule has 0 aromatic heterocycles. The molecule has 4 aromatic carbocycles. The third-order valence-electron chi connectivity index (χ3n) is 5.66. The maximum atomic E-state index is 12.8. The van der Waals surface area contributed by atoms with E-state index in [9.17, 15) is 9.59 Å². The normalized spacial score (nSPS) is 11.3. The Bertz CT molecular complexity index is 1340. The monoisotopic (exact) mass is 462 g/mol. The van der Waals surface area contributed by atoms with Crippen LogP contribution in [0.4, 0.5) is 10.5 Å². The molecule has 6 nitrogen and oxygen atoms in total. The van der Waals surface area contributed by atoms with Gasteiger partial charge in [-0.1, -0.05) is 84.9 Å². The van der Waals surface area contributed by atoms with Crippen LogP contribution < -0.4 is 16.0 Å². The summed E-state index contributed by atoms with van der Waals surface area (Å²) in [6, 6.07) is 32.2. The number of hydrogen-bond donors (Lipinski definition) is 3. The van der Waals surface area contributed by atoms with Gasteiger partial charge in [-0.05, 0) is 39.6 Å². The van der Waals surface area contributed by atoms with Crippen LogP contribution in [0.15, 0.2) is 97.1 Å². The van der Waals surface area contributed by atoms with Gasteiger partial charge in [0, 0.05) is 18.7 Å². The van der Waals surface area contributed by atoms with Crippen LogP contribution in [0.25, 0.3) is 21.9 Å². The predicted octanol–water partition coefficient (Wildman–Crippen LogP) is 5.27. The van der Waals surface area contributed by atoms with Crippen molar-refractivity contribution in [2.75, 3.05) is 11.9 Å². The van der Waals surface area contributed by atoms with Crippen LogP contribution in [0.1, 0.15) is 12.0 Å². The highest BCUT2D eigenvalue weighted by Gasteiger charge is 2.21. The Morgan fingerprint density at radius 1 is 0.800 bits per heavy atom. The van der Waals surface area contributed by atoms with Crippen LogP contribution in [0.5, 0.6) is 0 Å². The molecule has 0 saturated heterocycles. The summed E-state index contributed by atoms with van der Waals surface area (Å²) in [6.45, 7) is 0.230. The maximum absolute atomic E-state index is 12.8. The van der Waals surface area contributed by atoms with Crippen molar-refractivity contribution in [3.05, 3.63) is 103 Å². The summed E-state index contributed by atoms with van der Waals surface area (Å²) in [6.07, 6.45) is 0.526. The summed E-state index contributed by atoms with van der Waals surface area (Å²) >= 11 is 0. The van der Waals surface area contributed by atoms with Crippen molar-refractivity contribution in [3.63, 3.8) is 0 Å². The number of urea groups is 1. The molecule has 0 radical (unpaired) electrons. The first-order valence-corrected chi connectivity index (χ1v) is 11.5. The van der Waals surface area contributed by atoms with Gasteiger partial charge in [0.25, 0.3) is 0 Å². The van der Waals surface area contributed by atoms with Crippen molar-refractivity contribution in [2.24, 2.45) is 0 Å². The van der Waals surface area contributed by atoms with E-state index >= 15 is 0 Å². The summed E-state index contributed by atoms with van der Waals surface area (Å²) < 4.78 is 0. The molecular weight excluding hydrogens is 436 g/mol. The Hall–Kier alpha value is -4.63. The second-order valence-corrected chi connectivity index (χ2v) is 8.18. The van der Waals surface area contributed by atoms with Gasteiger partial charge in [-0.25, -0.2) is 4.79 Å². The number of nitrogens with zero attached hydrogens (tertiary/aromatic N) is 1. The number of carbonyl (C=O) groups excluding carboxylic acids is 2. The fraction of sp³-hybridized carbons (Fsp3) is 0.138. The lowest BCUT2D eigenvalue weighted by Gasteiger charge is -2.19. The van der Waals surface area contributed by atoms with E-state index in [-0.39, 0.29) is 18.9 Å². The molecule has 0 aliphatic heterocycles. The molecule has 4 aromatic rings. The first kappa shape index (κ1) is 23.5. The third-order valence-corrected chi connectivity index (χ3v) is 5.66. The van der Waals surface area contributed by atoms with Gasteiger partial charge < -0.3 is 16.0 Å². The zero-order chi connectivity index (χ0) is 24.5. The van der Waals surface area contributed by atoms with Crippen LogP contribution in [0.3, 0.4) is 0 Å². The van der Waals surface area contributed by atoms with Crippen LogP contribution in [0.2, 0.25) is 0 Å². The van der Waals surface area contributed by atoms with E-state index < -0.39 is 12.1 Å². The molecule has 1 atom stereocenters. The average Bonchev–Trinajstić information content (AvgIpc) is 2.89. The third kappa shape index (κ3) is 6.46. The zero-order valence-electron chi connectivity index (χ0n) is 19.2. The van der Waals surface area contributed by atoms with Crippen molar-refractivity contribution < 1.29 is 9.59 Å². The predicted molar refractivity (Wildman–Crippen MR) is 139 cm³/mol. The molecule has 3 N–H and O–H groups in total. The van der Waals surface area contributed by atoms with Gasteiger partial charge in [0.05, 0.1) is 12.5 Å². The molecule has 0 aliphatic carbocycles. The van der Waals surface area contributed by atoms with Crippen molar-refractivity contribution in [3.8, 4) is 17.2 Å². The minimum absolute atomic E-state index is 0.203. The number of rotatable bonds is 8. The van der Waals surface area contributed by atoms with Crippen LogP contribution in [-0.4, -0.2) is 24.5 Å². The fourth-order valence-corrected chi connectivity index (χ4v) is 3.88. The van der Waals surface area contributed by atoms with Gasteiger partial charge in [0.1, 0.15) is 6.04 Å². The molecule has 0 heterocycles. The van der Waals surface area contributed by atoms with Crippen molar-refractivity contribution >= 4 is 28.4 Å². The molecule has 6 heteroatoms. The van der Waals surface area contributed by atoms with Gasteiger partial charge in [-0.15, -0.1) is 0 Å². The highest BCUT2D eigenvalue weighted by molar-refractivity contribution is 5.94. The Morgan fingerprint density at radius 3 is 2.23 bits per heavy atom. The van der Waals surface area contributed by atoms with E-state index in [1.54, 1.807) is 0 Å². The number of hydrogen-bond acceptors (Lipinski definition) is 3. The van der Waals surface area contributed by atoms with E-state index in [2.05, 4.69) is 16.0 Å². The Labute approximate surface area is 204 Å². The summed E-state index contributed by atoms with van der Waals surface area (Å²) in [4.78, 5) is 25.6. The summed E-state index contributed by atoms with van der Waals surface area (Å²) in [7, 11) is 0.